The van der Waals surface area contributed by atoms with Crippen molar-refractivity contribution in [1.29, 1.82) is 0 Å². The van der Waals surface area contributed by atoms with Crippen LogP contribution in [0.2, 0.25) is 13.1 Å². The summed E-state index contributed by atoms with van der Waals surface area (Å²) in [5.41, 5.74) is 0.521. The van der Waals surface area contributed by atoms with E-state index in [1.54, 1.807) is 12.1 Å². The van der Waals surface area contributed by atoms with Gasteiger partial charge in [-0.25, -0.2) is 4.39 Å². The van der Waals surface area contributed by atoms with Crippen molar-refractivity contribution in [3.05, 3.63) is 29.6 Å². The minimum Gasteiger partial charge on any atom is -0.355 e. The Hall–Kier alpha value is -1.16. The number of rotatable bonds is 0. The van der Waals surface area contributed by atoms with Crippen molar-refractivity contribution in [2.24, 2.45) is 0 Å². The molecule has 1 aliphatic rings. The van der Waals surface area contributed by atoms with Gasteiger partial charge in [0.05, 0.1) is 0 Å². The van der Waals surface area contributed by atoms with E-state index in [-0.39, 0.29) is 11.7 Å². The summed E-state index contributed by atoms with van der Waals surface area (Å²) >= 11 is 0. The van der Waals surface area contributed by atoms with Gasteiger partial charge < -0.3 is 5.32 Å². The maximum atomic E-state index is 13.6. The monoisotopic (exact) mass is 209 g/mol. The fraction of sp³-hybridized carbons (Fsp3) is 0.300. The second-order valence-corrected chi connectivity index (χ2v) is 8.85. The van der Waals surface area contributed by atoms with Crippen LogP contribution in [0.15, 0.2) is 18.2 Å². The summed E-state index contributed by atoms with van der Waals surface area (Å²) in [6, 6.07) is 4.72. The van der Waals surface area contributed by atoms with E-state index in [0.717, 1.165) is 0 Å². The number of hydrogen-bond acceptors (Lipinski definition) is 1. The van der Waals surface area contributed by atoms with Crippen molar-refractivity contribution < 1.29 is 9.18 Å². The summed E-state index contributed by atoms with van der Waals surface area (Å²) in [6.45, 7) is 4.13. The first kappa shape index (κ1) is 9.39. The number of fused-ring (bicyclic) bond motifs is 1. The Balaban J connectivity index is 2.70. The molecule has 2 nitrogen and oxygen atoms in total. The molecule has 4 heteroatoms. The van der Waals surface area contributed by atoms with Crippen LogP contribution < -0.4 is 10.5 Å². The Morgan fingerprint density at radius 2 is 2.14 bits per heavy atom. The van der Waals surface area contributed by atoms with Crippen LogP contribution in [0.3, 0.4) is 0 Å². The van der Waals surface area contributed by atoms with Gasteiger partial charge in [0.15, 0.2) is 0 Å². The van der Waals surface area contributed by atoms with E-state index in [2.05, 4.69) is 18.4 Å². The van der Waals surface area contributed by atoms with Gasteiger partial charge in [-0.3, -0.25) is 4.79 Å². The highest BCUT2D eigenvalue weighted by Gasteiger charge is 2.35. The van der Waals surface area contributed by atoms with Crippen LogP contribution in [0.25, 0.3) is 0 Å². The molecule has 0 saturated carbocycles. The van der Waals surface area contributed by atoms with E-state index in [0.29, 0.717) is 16.9 Å². The highest BCUT2D eigenvalue weighted by molar-refractivity contribution is 6.91. The molecule has 0 atom stereocenters. The largest absolute Gasteiger partial charge is 0.355 e. The van der Waals surface area contributed by atoms with Crippen molar-refractivity contribution in [3.63, 3.8) is 0 Å². The SMILES string of the molecule is C[Si]1(C)CNC(=O)c2cccc(F)c21. The van der Waals surface area contributed by atoms with Gasteiger partial charge in [0.25, 0.3) is 5.91 Å². The molecule has 0 radical (unpaired) electrons. The zero-order valence-electron chi connectivity index (χ0n) is 8.23. The Morgan fingerprint density at radius 1 is 1.43 bits per heavy atom. The third kappa shape index (κ3) is 1.26. The van der Waals surface area contributed by atoms with E-state index < -0.39 is 8.07 Å². The summed E-state index contributed by atoms with van der Waals surface area (Å²) in [5, 5.41) is 3.48. The molecular weight excluding hydrogens is 197 g/mol. The fourth-order valence-electron chi connectivity index (χ4n) is 1.89. The molecule has 0 spiro atoms. The smallest absolute Gasteiger partial charge is 0.251 e. The third-order valence-electron chi connectivity index (χ3n) is 2.63. The maximum Gasteiger partial charge on any atom is 0.251 e. The first-order valence-electron chi connectivity index (χ1n) is 4.59. The summed E-state index contributed by atoms with van der Waals surface area (Å²) in [4.78, 5) is 11.5. The number of benzene rings is 1. The first-order valence-corrected chi connectivity index (χ1v) is 7.80. The van der Waals surface area contributed by atoms with Gasteiger partial charge in [-0.05, 0) is 17.3 Å². The standard InChI is InChI=1S/C10H12FNOSi/c1-14(2)6-12-10(13)7-4-3-5-8(11)9(7)14/h3-5H,6H2,1-2H3,(H,12,13). The van der Waals surface area contributed by atoms with E-state index >= 15 is 0 Å². The molecule has 0 aromatic heterocycles. The Labute approximate surface area is 83.1 Å². The van der Waals surface area contributed by atoms with Crippen molar-refractivity contribution in [3.8, 4) is 0 Å². The molecule has 1 heterocycles. The minimum atomic E-state index is -1.80. The highest BCUT2D eigenvalue weighted by atomic mass is 28.3. The van der Waals surface area contributed by atoms with Crippen LogP contribution in [0.1, 0.15) is 10.4 Å². The Kier molecular flexibility index (Phi) is 1.96. The second-order valence-electron chi connectivity index (χ2n) is 4.23. The van der Waals surface area contributed by atoms with Gasteiger partial charge in [-0.2, -0.15) is 0 Å². The molecule has 1 aliphatic heterocycles. The molecule has 1 aromatic carbocycles. The lowest BCUT2D eigenvalue weighted by molar-refractivity contribution is 0.0957. The Bertz CT molecular complexity index is 403. The molecule has 74 valence electrons. The molecule has 0 aliphatic carbocycles. The number of carbonyl (C=O) groups is 1. The lowest BCUT2D eigenvalue weighted by Gasteiger charge is -2.30. The average Bonchev–Trinajstić information content (AvgIpc) is 2.12. The van der Waals surface area contributed by atoms with Crippen molar-refractivity contribution in [1.82, 2.24) is 5.32 Å². The van der Waals surface area contributed by atoms with Crippen LogP contribution in [-0.4, -0.2) is 20.1 Å². The van der Waals surface area contributed by atoms with Gasteiger partial charge in [0.2, 0.25) is 0 Å². The summed E-state index contributed by atoms with van der Waals surface area (Å²) < 4.78 is 13.6. The normalized spacial score (nSPS) is 18.6. The highest BCUT2D eigenvalue weighted by Crippen LogP contribution is 2.14. The molecular formula is C10H12FNOSi. The molecule has 0 unspecified atom stereocenters. The van der Waals surface area contributed by atoms with E-state index in [1.807, 2.05) is 0 Å². The van der Waals surface area contributed by atoms with Crippen LogP contribution in [0.4, 0.5) is 4.39 Å². The van der Waals surface area contributed by atoms with Crippen LogP contribution in [0, 0.1) is 5.82 Å². The summed E-state index contributed by atoms with van der Waals surface area (Å²) in [5.74, 6) is -0.375. The van der Waals surface area contributed by atoms with Crippen LogP contribution in [0.5, 0.6) is 0 Å². The van der Waals surface area contributed by atoms with Gasteiger partial charge in [0.1, 0.15) is 13.9 Å². The average molecular weight is 209 g/mol. The molecule has 1 N–H and O–H groups in total. The number of hydrogen-bond donors (Lipinski definition) is 1. The predicted molar refractivity (Wildman–Crippen MR) is 55.8 cm³/mol. The van der Waals surface area contributed by atoms with Crippen molar-refractivity contribution >= 4 is 19.2 Å². The minimum absolute atomic E-state index is 0.147. The summed E-state index contributed by atoms with van der Waals surface area (Å²) in [7, 11) is -1.80. The van der Waals surface area contributed by atoms with Gasteiger partial charge in [-0.1, -0.05) is 19.2 Å². The molecule has 0 fully saturated rings. The van der Waals surface area contributed by atoms with Gasteiger partial charge in [0, 0.05) is 11.7 Å². The third-order valence-corrected chi connectivity index (χ3v) is 5.55. The van der Waals surface area contributed by atoms with E-state index in [4.69, 9.17) is 0 Å². The maximum absolute atomic E-state index is 13.6. The quantitative estimate of drug-likeness (QED) is 0.635. The number of carbonyl (C=O) groups excluding carboxylic acids is 1. The Morgan fingerprint density at radius 3 is 2.79 bits per heavy atom. The van der Waals surface area contributed by atoms with Crippen molar-refractivity contribution in [2.75, 3.05) is 6.17 Å². The van der Waals surface area contributed by atoms with Crippen LogP contribution >= 0.6 is 0 Å². The zero-order chi connectivity index (χ0) is 10.3. The number of nitrogens with one attached hydrogen (secondary N) is 1. The zero-order valence-corrected chi connectivity index (χ0v) is 9.23. The topological polar surface area (TPSA) is 29.1 Å². The molecule has 0 saturated heterocycles. The van der Waals surface area contributed by atoms with Crippen LogP contribution in [-0.2, 0) is 0 Å². The molecule has 14 heavy (non-hydrogen) atoms. The van der Waals surface area contributed by atoms with Gasteiger partial charge >= 0.3 is 0 Å². The lowest BCUT2D eigenvalue weighted by atomic mass is 10.2. The van der Waals surface area contributed by atoms with Gasteiger partial charge in [-0.15, -0.1) is 0 Å². The molecule has 0 bridgehead atoms. The number of halogens is 1. The molecule has 1 amide bonds. The predicted octanol–water partition coefficient (Wildman–Crippen LogP) is 1.02. The summed E-state index contributed by atoms with van der Waals surface area (Å²) in [6.07, 6.45) is 0.625. The van der Waals surface area contributed by atoms with E-state index in [1.165, 1.54) is 6.07 Å². The first-order chi connectivity index (χ1) is 6.52. The molecule has 2 rings (SSSR count). The van der Waals surface area contributed by atoms with Crippen molar-refractivity contribution in [2.45, 2.75) is 13.1 Å². The fourth-order valence-corrected chi connectivity index (χ4v) is 4.32. The molecule has 1 aromatic rings. The number of amides is 1. The lowest BCUT2D eigenvalue weighted by Crippen LogP contribution is -2.60. The second kappa shape index (κ2) is 2.92. The van der Waals surface area contributed by atoms with E-state index in [9.17, 15) is 9.18 Å².